The molecule has 1 aliphatic heterocycles. The minimum Gasteiger partial charge on any atom is -0.481 e. The number of carbonyl (C=O) groups is 2. The summed E-state index contributed by atoms with van der Waals surface area (Å²) < 4.78 is 0. The first-order valence-electron chi connectivity index (χ1n) is 9.51. The fraction of sp³-hybridized carbons (Fsp3) is 0.619. The number of amides is 1. The summed E-state index contributed by atoms with van der Waals surface area (Å²) in [6, 6.07) is 8.61. The summed E-state index contributed by atoms with van der Waals surface area (Å²) in [5.41, 5.74) is 2.56. The first-order valence-corrected chi connectivity index (χ1v) is 9.51. The molecule has 0 radical (unpaired) electrons. The van der Waals surface area contributed by atoms with Crippen LogP contribution in [0.1, 0.15) is 57.1 Å². The third-order valence-electron chi connectivity index (χ3n) is 4.93. The molecule has 0 aromatic heterocycles. The average molecular weight is 345 g/mol. The summed E-state index contributed by atoms with van der Waals surface area (Å²) >= 11 is 0. The molecule has 1 aliphatic rings. The topological polar surface area (TPSA) is 57.6 Å². The van der Waals surface area contributed by atoms with E-state index in [0.29, 0.717) is 24.7 Å². The SMILES string of the molecule is CC(C)Cc1ccc(CCC(=O)N2CCCC(CCC(=O)O)C2)cc1. The van der Waals surface area contributed by atoms with Crippen LogP contribution in [0.4, 0.5) is 0 Å². The van der Waals surface area contributed by atoms with Gasteiger partial charge in [0.2, 0.25) is 5.91 Å². The normalized spacial score (nSPS) is 17.7. The van der Waals surface area contributed by atoms with E-state index in [9.17, 15) is 9.59 Å². The lowest BCUT2D eigenvalue weighted by Crippen LogP contribution is -2.40. The van der Waals surface area contributed by atoms with Crippen molar-refractivity contribution in [3.05, 3.63) is 35.4 Å². The van der Waals surface area contributed by atoms with Crippen molar-refractivity contribution in [1.82, 2.24) is 4.90 Å². The van der Waals surface area contributed by atoms with Gasteiger partial charge in [0, 0.05) is 25.9 Å². The summed E-state index contributed by atoms with van der Waals surface area (Å²) in [7, 11) is 0. The van der Waals surface area contributed by atoms with Gasteiger partial charge in [-0.1, -0.05) is 38.1 Å². The van der Waals surface area contributed by atoms with Gasteiger partial charge in [-0.2, -0.15) is 0 Å². The number of hydrogen-bond acceptors (Lipinski definition) is 2. The second kappa shape index (κ2) is 9.59. The smallest absolute Gasteiger partial charge is 0.303 e. The Labute approximate surface area is 151 Å². The molecule has 4 heteroatoms. The molecule has 1 aromatic rings. The summed E-state index contributed by atoms with van der Waals surface area (Å²) in [6.07, 6.45) is 5.30. The van der Waals surface area contributed by atoms with Gasteiger partial charge in [0.1, 0.15) is 0 Å². The molecule has 138 valence electrons. The van der Waals surface area contributed by atoms with Gasteiger partial charge in [0.15, 0.2) is 0 Å². The molecule has 1 heterocycles. The van der Waals surface area contributed by atoms with Crippen LogP contribution in [0, 0.1) is 11.8 Å². The van der Waals surface area contributed by atoms with Crippen molar-refractivity contribution < 1.29 is 14.7 Å². The van der Waals surface area contributed by atoms with Gasteiger partial charge < -0.3 is 10.0 Å². The van der Waals surface area contributed by atoms with Crippen LogP contribution >= 0.6 is 0 Å². The maximum Gasteiger partial charge on any atom is 0.303 e. The fourth-order valence-corrected chi connectivity index (χ4v) is 3.58. The summed E-state index contributed by atoms with van der Waals surface area (Å²) in [6.45, 7) is 5.97. The number of aliphatic carboxylic acids is 1. The van der Waals surface area contributed by atoms with Crippen molar-refractivity contribution in [3.63, 3.8) is 0 Å². The minimum absolute atomic E-state index is 0.200. The highest BCUT2D eigenvalue weighted by Crippen LogP contribution is 2.22. The first-order chi connectivity index (χ1) is 11.9. The molecule has 25 heavy (non-hydrogen) atoms. The number of likely N-dealkylation sites (tertiary alicyclic amines) is 1. The number of rotatable bonds is 8. The number of piperidine rings is 1. The second-order valence-electron chi connectivity index (χ2n) is 7.69. The number of benzene rings is 1. The van der Waals surface area contributed by atoms with Gasteiger partial charge in [0.25, 0.3) is 0 Å². The molecule has 1 N–H and O–H groups in total. The molecule has 1 saturated heterocycles. The Balaban J connectivity index is 1.78. The molecule has 2 rings (SSSR count). The van der Waals surface area contributed by atoms with Crippen molar-refractivity contribution in [2.75, 3.05) is 13.1 Å². The molecule has 1 amide bonds. The van der Waals surface area contributed by atoms with Crippen LogP contribution in [-0.4, -0.2) is 35.0 Å². The van der Waals surface area contributed by atoms with Crippen LogP contribution in [0.25, 0.3) is 0 Å². The van der Waals surface area contributed by atoms with Crippen molar-refractivity contribution in [2.45, 2.75) is 58.8 Å². The molecule has 1 fully saturated rings. The van der Waals surface area contributed by atoms with Gasteiger partial charge in [-0.25, -0.2) is 0 Å². The highest BCUT2D eigenvalue weighted by molar-refractivity contribution is 5.76. The summed E-state index contributed by atoms with van der Waals surface area (Å²) in [5, 5.41) is 8.82. The van der Waals surface area contributed by atoms with Crippen molar-refractivity contribution in [2.24, 2.45) is 11.8 Å². The van der Waals surface area contributed by atoms with Gasteiger partial charge in [-0.3, -0.25) is 9.59 Å². The lowest BCUT2D eigenvalue weighted by atomic mass is 9.93. The Bertz CT molecular complexity index is 565. The molecule has 1 aromatic carbocycles. The van der Waals surface area contributed by atoms with E-state index in [2.05, 4.69) is 38.1 Å². The van der Waals surface area contributed by atoms with E-state index in [0.717, 1.165) is 38.8 Å². The Morgan fingerprint density at radius 1 is 1.16 bits per heavy atom. The van der Waals surface area contributed by atoms with E-state index in [-0.39, 0.29) is 12.3 Å². The molecule has 0 bridgehead atoms. The van der Waals surface area contributed by atoms with Crippen LogP contribution in [0.5, 0.6) is 0 Å². The fourth-order valence-electron chi connectivity index (χ4n) is 3.58. The Morgan fingerprint density at radius 2 is 1.84 bits per heavy atom. The molecular weight excluding hydrogens is 314 g/mol. The van der Waals surface area contributed by atoms with Gasteiger partial charge in [-0.05, 0) is 55.1 Å². The van der Waals surface area contributed by atoms with Crippen molar-refractivity contribution in [1.29, 1.82) is 0 Å². The molecular formula is C21H31NO3. The Kier molecular flexibility index (Phi) is 7.48. The number of aryl methyl sites for hydroxylation is 1. The summed E-state index contributed by atoms with van der Waals surface area (Å²) in [4.78, 5) is 25.1. The third kappa shape index (κ3) is 6.89. The maximum atomic E-state index is 12.5. The van der Waals surface area contributed by atoms with E-state index < -0.39 is 5.97 Å². The lowest BCUT2D eigenvalue weighted by Gasteiger charge is -2.32. The predicted molar refractivity (Wildman–Crippen MR) is 99.5 cm³/mol. The number of hydrogen-bond donors (Lipinski definition) is 1. The Hall–Kier alpha value is -1.84. The summed E-state index contributed by atoms with van der Waals surface area (Å²) in [5.74, 6) is 0.445. The first kappa shape index (κ1) is 19.5. The molecule has 0 spiro atoms. The quantitative estimate of drug-likeness (QED) is 0.777. The minimum atomic E-state index is -0.746. The van der Waals surface area contributed by atoms with Crippen LogP contribution in [0.3, 0.4) is 0 Å². The van der Waals surface area contributed by atoms with E-state index >= 15 is 0 Å². The van der Waals surface area contributed by atoms with E-state index in [4.69, 9.17) is 5.11 Å². The maximum absolute atomic E-state index is 12.5. The van der Waals surface area contributed by atoms with Gasteiger partial charge in [0.05, 0.1) is 0 Å². The predicted octanol–water partition coefficient (Wildman–Crippen LogP) is 3.92. The van der Waals surface area contributed by atoms with Crippen molar-refractivity contribution >= 4 is 11.9 Å². The highest BCUT2D eigenvalue weighted by Gasteiger charge is 2.23. The Morgan fingerprint density at radius 3 is 2.48 bits per heavy atom. The average Bonchev–Trinajstić information content (AvgIpc) is 2.59. The molecule has 1 unspecified atom stereocenters. The van der Waals surface area contributed by atoms with Crippen molar-refractivity contribution in [3.8, 4) is 0 Å². The largest absolute Gasteiger partial charge is 0.481 e. The highest BCUT2D eigenvalue weighted by atomic mass is 16.4. The monoisotopic (exact) mass is 345 g/mol. The van der Waals surface area contributed by atoms with E-state index in [1.165, 1.54) is 11.1 Å². The molecule has 0 saturated carbocycles. The lowest BCUT2D eigenvalue weighted by molar-refractivity contribution is -0.137. The van der Waals surface area contributed by atoms with E-state index in [1.807, 2.05) is 4.90 Å². The standard InChI is InChI=1S/C21H31NO3/c1-16(2)14-18-7-5-17(6-8-18)9-11-20(23)22-13-3-4-19(15-22)10-12-21(24)25/h5-8,16,19H,3-4,9-15H2,1-2H3,(H,24,25). The number of nitrogens with zero attached hydrogens (tertiary/aromatic N) is 1. The third-order valence-corrected chi connectivity index (χ3v) is 4.93. The van der Waals surface area contributed by atoms with Gasteiger partial charge >= 0.3 is 5.97 Å². The van der Waals surface area contributed by atoms with E-state index in [1.54, 1.807) is 0 Å². The zero-order valence-corrected chi connectivity index (χ0v) is 15.5. The van der Waals surface area contributed by atoms with Crippen LogP contribution in [0.15, 0.2) is 24.3 Å². The second-order valence-corrected chi connectivity index (χ2v) is 7.69. The number of carboxylic acids is 1. The van der Waals surface area contributed by atoms with Crippen LogP contribution < -0.4 is 0 Å². The zero-order valence-electron chi connectivity index (χ0n) is 15.5. The molecule has 0 aliphatic carbocycles. The molecule has 1 atom stereocenters. The number of carbonyl (C=O) groups excluding carboxylic acids is 1. The van der Waals surface area contributed by atoms with Crippen LogP contribution in [-0.2, 0) is 22.4 Å². The zero-order chi connectivity index (χ0) is 18.2. The van der Waals surface area contributed by atoms with Gasteiger partial charge in [-0.15, -0.1) is 0 Å². The number of carboxylic acid groups (broad SMARTS) is 1. The van der Waals surface area contributed by atoms with Crippen LogP contribution in [0.2, 0.25) is 0 Å². The molecule has 4 nitrogen and oxygen atoms in total.